The van der Waals surface area contributed by atoms with Crippen molar-refractivity contribution < 1.29 is 19.8 Å². The van der Waals surface area contributed by atoms with Crippen LogP contribution in [0.5, 0.6) is 0 Å². The van der Waals surface area contributed by atoms with Crippen LogP contribution in [0.3, 0.4) is 0 Å². The number of hydrogen-bond acceptors (Lipinski definition) is 4. The Morgan fingerprint density at radius 3 is 1.87 bits per heavy atom. The Bertz CT molecular complexity index is 197. The molecule has 0 aromatic rings. The first-order valence-electron chi connectivity index (χ1n) is 4.62. The summed E-state index contributed by atoms with van der Waals surface area (Å²) < 4.78 is 0. The molecule has 0 spiro atoms. The van der Waals surface area contributed by atoms with Crippen molar-refractivity contribution in [3.63, 3.8) is 0 Å². The predicted octanol–water partition coefficient (Wildman–Crippen LogP) is 0.835. The average Bonchev–Trinajstić information content (AvgIpc) is 2.03. The van der Waals surface area contributed by atoms with Crippen LogP contribution in [0.4, 0.5) is 0 Å². The van der Waals surface area contributed by atoms with E-state index in [0.717, 1.165) is 0 Å². The topological polar surface area (TPSA) is 101 Å². The fourth-order valence-corrected chi connectivity index (χ4v) is 0.896. The second-order valence-electron chi connectivity index (χ2n) is 3.44. The summed E-state index contributed by atoms with van der Waals surface area (Å²) in [6.07, 6.45) is 0.707. The van der Waals surface area contributed by atoms with E-state index in [-0.39, 0.29) is 6.42 Å². The van der Waals surface area contributed by atoms with Gasteiger partial charge in [0.25, 0.3) is 0 Å². The number of aliphatic carboxylic acids is 2. The van der Waals surface area contributed by atoms with Crippen LogP contribution >= 0.6 is 12.6 Å². The van der Waals surface area contributed by atoms with Crippen molar-refractivity contribution in [2.75, 3.05) is 5.75 Å². The van der Waals surface area contributed by atoms with Gasteiger partial charge in [0.05, 0.1) is 6.42 Å². The van der Waals surface area contributed by atoms with Crippen LogP contribution in [0.25, 0.3) is 0 Å². The number of hydrogen-bond donors (Lipinski definition) is 4. The van der Waals surface area contributed by atoms with Crippen LogP contribution in [0.15, 0.2) is 0 Å². The first kappa shape index (κ1) is 16.7. The van der Waals surface area contributed by atoms with Gasteiger partial charge in [-0.05, 0) is 12.3 Å². The molecule has 0 unspecified atom stereocenters. The largest absolute Gasteiger partial charge is 0.481 e. The number of carboxylic acid groups (broad SMARTS) is 2. The maximum Gasteiger partial charge on any atom is 0.320 e. The second kappa shape index (κ2) is 9.79. The minimum absolute atomic E-state index is 0.156. The summed E-state index contributed by atoms with van der Waals surface area (Å²) in [5.74, 6) is -0.917. The van der Waals surface area contributed by atoms with Gasteiger partial charge in [0.1, 0.15) is 6.04 Å². The molecule has 15 heavy (non-hydrogen) atoms. The van der Waals surface area contributed by atoms with E-state index in [4.69, 9.17) is 15.9 Å². The fraction of sp³-hybridized carbons (Fsp3) is 0.778. The summed E-state index contributed by atoms with van der Waals surface area (Å²) >= 11 is 3.68. The molecule has 4 N–H and O–H groups in total. The Balaban J connectivity index is 0. The molecule has 0 rings (SSSR count). The number of nitrogens with two attached hydrogens (primary N) is 1. The molecule has 0 saturated heterocycles. The molecule has 0 radical (unpaired) electrons. The zero-order valence-electron chi connectivity index (χ0n) is 9.01. The molecule has 0 aromatic carbocycles. The fourth-order valence-electron chi connectivity index (χ4n) is 0.704. The van der Waals surface area contributed by atoms with Crippen molar-refractivity contribution in [1.82, 2.24) is 0 Å². The molecular weight excluding hydrogens is 218 g/mol. The molecule has 6 heteroatoms. The van der Waals surface area contributed by atoms with E-state index in [0.29, 0.717) is 18.1 Å². The second-order valence-corrected chi connectivity index (χ2v) is 3.89. The summed E-state index contributed by atoms with van der Waals surface area (Å²) in [5, 5.41) is 16.2. The van der Waals surface area contributed by atoms with Crippen molar-refractivity contribution in [2.45, 2.75) is 32.7 Å². The molecule has 0 amide bonds. The highest BCUT2D eigenvalue weighted by molar-refractivity contribution is 7.80. The summed E-state index contributed by atoms with van der Waals surface area (Å²) in [6, 6.07) is -0.690. The molecule has 0 heterocycles. The van der Waals surface area contributed by atoms with Crippen molar-refractivity contribution in [3.05, 3.63) is 0 Å². The molecule has 0 aromatic heterocycles. The highest BCUT2D eigenvalue weighted by Crippen LogP contribution is 2.01. The van der Waals surface area contributed by atoms with Crippen molar-refractivity contribution in [2.24, 2.45) is 11.7 Å². The first-order valence-corrected chi connectivity index (χ1v) is 5.25. The number of carbonyl (C=O) groups is 2. The summed E-state index contributed by atoms with van der Waals surface area (Å²) in [4.78, 5) is 19.7. The zero-order chi connectivity index (χ0) is 12.4. The SMILES string of the molecule is CC(C)C[C@H](N)C(=O)O.O=C(O)CCS. The van der Waals surface area contributed by atoms with Gasteiger partial charge in [-0.25, -0.2) is 0 Å². The van der Waals surface area contributed by atoms with Gasteiger partial charge < -0.3 is 15.9 Å². The minimum atomic E-state index is -0.913. The van der Waals surface area contributed by atoms with Crippen LogP contribution in [0.1, 0.15) is 26.7 Å². The Morgan fingerprint density at radius 1 is 1.33 bits per heavy atom. The third-order valence-electron chi connectivity index (χ3n) is 1.37. The smallest absolute Gasteiger partial charge is 0.320 e. The molecule has 1 atom stereocenters. The van der Waals surface area contributed by atoms with E-state index in [1.807, 2.05) is 13.8 Å². The van der Waals surface area contributed by atoms with Crippen LogP contribution in [0, 0.1) is 5.92 Å². The van der Waals surface area contributed by atoms with E-state index < -0.39 is 18.0 Å². The predicted molar refractivity (Wildman–Crippen MR) is 61.2 cm³/mol. The molecule has 0 bridgehead atoms. The first-order chi connectivity index (χ1) is 6.81. The van der Waals surface area contributed by atoms with E-state index in [2.05, 4.69) is 12.6 Å². The Kier molecular flexibility index (Phi) is 10.9. The molecule has 5 nitrogen and oxygen atoms in total. The average molecular weight is 237 g/mol. The molecule has 0 aliphatic carbocycles. The van der Waals surface area contributed by atoms with Gasteiger partial charge in [-0.15, -0.1) is 0 Å². The Morgan fingerprint density at radius 2 is 1.80 bits per heavy atom. The molecule has 0 aliphatic heterocycles. The van der Waals surface area contributed by atoms with Gasteiger partial charge in [0, 0.05) is 5.75 Å². The van der Waals surface area contributed by atoms with Gasteiger partial charge in [-0.2, -0.15) is 12.6 Å². The maximum atomic E-state index is 10.1. The van der Waals surface area contributed by atoms with E-state index >= 15 is 0 Å². The Labute approximate surface area is 95.1 Å². The van der Waals surface area contributed by atoms with Gasteiger partial charge in [0.2, 0.25) is 0 Å². The van der Waals surface area contributed by atoms with Gasteiger partial charge >= 0.3 is 11.9 Å². The summed E-state index contributed by atoms with van der Waals surface area (Å²) in [7, 11) is 0. The lowest BCUT2D eigenvalue weighted by molar-refractivity contribution is -0.139. The minimum Gasteiger partial charge on any atom is -0.481 e. The summed E-state index contributed by atoms with van der Waals surface area (Å²) in [6.45, 7) is 3.89. The van der Waals surface area contributed by atoms with Gasteiger partial charge in [0.15, 0.2) is 0 Å². The lowest BCUT2D eigenvalue weighted by Gasteiger charge is -2.07. The highest BCUT2D eigenvalue weighted by Gasteiger charge is 2.11. The van der Waals surface area contributed by atoms with Crippen LogP contribution in [0.2, 0.25) is 0 Å². The molecule has 90 valence electrons. The van der Waals surface area contributed by atoms with Crippen molar-refractivity contribution in [3.8, 4) is 0 Å². The third kappa shape index (κ3) is 16.0. The van der Waals surface area contributed by atoms with E-state index in [1.165, 1.54) is 0 Å². The quantitative estimate of drug-likeness (QED) is 0.531. The number of thiol groups is 1. The Hall–Kier alpha value is -0.750. The molecular formula is C9H19NO4S. The van der Waals surface area contributed by atoms with Crippen molar-refractivity contribution >= 4 is 24.6 Å². The van der Waals surface area contributed by atoms with Crippen LogP contribution in [-0.2, 0) is 9.59 Å². The van der Waals surface area contributed by atoms with E-state index in [9.17, 15) is 9.59 Å². The lowest BCUT2D eigenvalue weighted by atomic mass is 10.1. The highest BCUT2D eigenvalue weighted by atomic mass is 32.1. The standard InChI is InChI=1S/C6H13NO2.C3H6O2S/c1-4(2)3-5(7)6(8)9;4-3(5)1-2-6/h4-5H,3,7H2,1-2H3,(H,8,9);6H,1-2H2,(H,4,5)/t5-;/m0./s1. The summed E-state index contributed by atoms with van der Waals surface area (Å²) in [5.41, 5.74) is 5.22. The van der Waals surface area contributed by atoms with E-state index in [1.54, 1.807) is 0 Å². The van der Waals surface area contributed by atoms with Crippen molar-refractivity contribution in [1.29, 1.82) is 0 Å². The molecule has 0 aliphatic rings. The third-order valence-corrected chi connectivity index (χ3v) is 1.59. The molecule has 0 fully saturated rings. The zero-order valence-corrected chi connectivity index (χ0v) is 9.91. The lowest BCUT2D eigenvalue weighted by Crippen LogP contribution is -2.31. The number of rotatable bonds is 5. The maximum absolute atomic E-state index is 10.1. The number of carboxylic acids is 2. The normalized spacial score (nSPS) is 11.5. The molecule has 0 saturated carbocycles. The monoisotopic (exact) mass is 237 g/mol. The van der Waals surface area contributed by atoms with Crippen LogP contribution < -0.4 is 5.73 Å². The van der Waals surface area contributed by atoms with Crippen LogP contribution in [-0.4, -0.2) is 33.9 Å². The van der Waals surface area contributed by atoms with Gasteiger partial charge in [-0.3, -0.25) is 9.59 Å². The van der Waals surface area contributed by atoms with Gasteiger partial charge in [-0.1, -0.05) is 13.8 Å².